The zero-order chi connectivity index (χ0) is 15.9. The maximum Gasteiger partial charge on any atom is 0.225 e. The number of amides is 1. The SMILES string of the molecule is O=C(Cc1cc(F)ccc1F)NC(CCO)c1ccccc1. The highest BCUT2D eigenvalue weighted by molar-refractivity contribution is 5.79. The van der Waals surface area contributed by atoms with E-state index in [-0.39, 0.29) is 24.6 Å². The summed E-state index contributed by atoms with van der Waals surface area (Å²) < 4.78 is 26.7. The molecule has 0 radical (unpaired) electrons. The zero-order valence-corrected chi connectivity index (χ0v) is 11.9. The van der Waals surface area contributed by atoms with E-state index in [0.29, 0.717) is 6.42 Å². The molecule has 3 nitrogen and oxygen atoms in total. The smallest absolute Gasteiger partial charge is 0.225 e. The van der Waals surface area contributed by atoms with Gasteiger partial charge in [0.05, 0.1) is 12.5 Å². The van der Waals surface area contributed by atoms with Crippen molar-refractivity contribution in [3.8, 4) is 0 Å². The van der Waals surface area contributed by atoms with Gasteiger partial charge in [-0.15, -0.1) is 0 Å². The van der Waals surface area contributed by atoms with Crippen molar-refractivity contribution in [2.75, 3.05) is 6.61 Å². The van der Waals surface area contributed by atoms with Gasteiger partial charge < -0.3 is 10.4 Å². The maximum atomic E-state index is 13.6. The number of carbonyl (C=O) groups excluding carboxylic acids is 1. The Labute approximate surface area is 127 Å². The van der Waals surface area contributed by atoms with Crippen LogP contribution in [-0.2, 0) is 11.2 Å². The Balaban J connectivity index is 2.07. The molecular formula is C17H17F2NO2. The van der Waals surface area contributed by atoms with Gasteiger partial charge in [0.1, 0.15) is 11.6 Å². The van der Waals surface area contributed by atoms with Crippen molar-refractivity contribution in [2.24, 2.45) is 0 Å². The van der Waals surface area contributed by atoms with Gasteiger partial charge in [-0.05, 0) is 30.2 Å². The first kappa shape index (κ1) is 16.1. The molecule has 0 fully saturated rings. The number of aliphatic hydroxyl groups is 1. The Bertz CT molecular complexity index is 632. The highest BCUT2D eigenvalue weighted by Gasteiger charge is 2.16. The number of carbonyl (C=O) groups is 1. The number of hydrogen-bond donors (Lipinski definition) is 2. The number of rotatable bonds is 6. The van der Waals surface area contributed by atoms with Crippen LogP contribution in [0.15, 0.2) is 48.5 Å². The third-order valence-corrected chi connectivity index (χ3v) is 3.31. The van der Waals surface area contributed by atoms with Crippen LogP contribution in [0.2, 0.25) is 0 Å². The minimum absolute atomic E-state index is 0.00769. The third-order valence-electron chi connectivity index (χ3n) is 3.31. The monoisotopic (exact) mass is 305 g/mol. The van der Waals surface area contributed by atoms with Gasteiger partial charge in [0.2, 0.25) is 5.91 Å². The largest absolute Gasteiger partial charge is 0.396 e. The molecule has 0 saturated heterocycles. The van der Waals surface area contributed by atoms with Crippen LogP contribution in [0.3, 0.4) is 0 Å². The van der Waals surface area contributed by atoms with Crippen LogP contribution in [0.25, 0.3) is 0 Å². The number of halogens is 2. The first-order chi connectivity index (χ1) is 10.6. The second-order valence-electron chi connectivity index (χ2n) is 4.96. The number of benzene rings is 2. The average molecular weight is 305 g/mol. The summed E-state index contributed by atoms with van der Waals surface area (Å²) in [7, 11) is 0. The van der Waals surface area contributed by atoms with Crippen LogP contribution < -0.4 is 5.32 Å². The van der Waals surface area contributed by atoms with Crippen molar-refractivity contribution >= 4 is 5.91 Å². The molecule has 2 rings (SSSR count). The van der Waals surface area contributed by atoms with E-state index in [9.17, 15) is 13.6 Å². The Morgan fingerprint density at radius 1 is 1.14 bits per heavy atom. The van der Waals surface area contributed by atoms with Crippen molar-refractivity contribution in [1.29, 1.82) is 0 Å². The van der Waals surface area contributed by atoms with Gasteiger partial charge in [0.15, 0.2) is 0 Å². The molecular weight excluding hydrogens is 288 g/mol. The van der Waals surface area contributed by atoms with Gasteiger partial charge in [-0.2, -0.15) is 0 Å². The topological polar surface area (TPSA) is 49.3 Å². The van der Waals surface area contributed by atoms with E-state index in [4.69, 9.17) is 5.11 Å². The summed E-state index contributed by atoms with van der Waals surface area (Å²) in [6.45, 7) is -0.0891. The molecule has 1 unspecified atom stereocenters. The van der Waals surface area contributed by atoms with Crippen molar-refractivity contribution in [2.45, 2.75) is 18.9 Å². The second kappa shape index (κ2) is 7.66. The van der Waals surface area contributed by atoms with Crippen LogP contribution in [0.4, 0.5) is 8.78 Å². The maximum absolute atomic E-state index is 13.6. The van der Waals surface area contributed by atoms with Gasteiger partial charge in [-0.25, -0.2) is 8.78 Å². The first-order valence-electron chi connectivity index (χ1n) is 6.99. The Hall–Kier alpha value is -2.27. The van der Waals surface area contributed by atoms with E-state index in [1.165, 1.54) is 0 Å². The van der Waals surface area contributed by atoms with Crippen LogP contribution >= 0.6 is 0 Å². The summed E-state index contributed by atoms with van der Waals surface area (Å²) in [4.78, 5) is 12.1. The quantitative estimate of drug-likeness (QED) is 0.862. The number of hydrogen-bond acceptors (Lipinski definition) is 2. The number of nitrogens with one attached hydrogen (secondary N) is 1. The van der Waals surface area contributed by atoms with Gasteiger partial charge in [-0.1, -0.05) is 30.3 Å². The zero-order valence-electron chi connectivity index (χ0n) is 11.9. The van der Waals surface area contributed by atoms with Gasteiger partial charge in [0.25, 0.3) is 0 Å². The molecule has 0 aliphatic carbocycles. The lowest BCUT2D eigenvalue weighted by Gasteiger charge is -2.18. The average Bonchev–Trinajstić information content (AvgIpc) is 2.51. The van der Waals surface area contributed by atoms with Crippen molar-refractivity contribution in [3.63, 3.8) is 0 Å². The summed E-state index contributed by atoms with van der Waals surface area (Å²) in [5, 5.41) is 11.9. The summed E-state index contributed by atoms with van der Waals surface area (Å²) in [5.41, 5.74) is 0.859. The summed E-state index contributed by atoms with van der Waals surface area (Å²) in [6.07, 6.45) is 0.0970. The lowest BCUT2D eigenvalue weighted by molar-refractivity contribution is -0.121. The minimum Gasteiger partial charge on any atom is -0.396 e. The van der Waals surface area contributed by atoms with Gasteiger partial charge in [0, 0.05) is 12.2 Å². The molecule has 0 heterocycles. The Kier molecular flexibility index (Phi) is 5.61. The van der Waals surface area contributed by atoms with Gasteiger partial charge >= 0.3 is 0 Å². The van der Waals surface area contributed by atoms with Crippen LogP contribution in [0.5, 0.6) is 0 Å². The van der Waals surface area contributed by atoms with Crippen LogP contribution in [0, 0.1) is 11.6 Å². The number of aliphatic hydroxyl groups excluding tert-OH is 1. The first-order valence-corrected chi connectivity index (χ1v) is 6.99. The third kappa shape index (κ3) is 4.36. The Morgan fingerprint density at radius 3 is 2.55 bits per heavy atom. The molecule has 2 aromatic rings. The minimum atomic E-state index is -0.616. The highest BCUT2D eigenvalue weighted by atomic mass is 19.1. The highest BCUT2D eigenvalue weighted by Crippen LogP contribution is 2.17. The fraction of sp³-hybridized carbons (Fsp3) is 0.235. The molecule has 2 N–H and O–H groups in total. The standard InChI is InChI=1S/C17H17F2NO2/c18-14-6-7-15(19)13(10-14)11-17(22)20-16(8-9-21)12-4-2-1-3-5-12/h1-7,10,16,21H,8-9,11H2,(H,20,22). The predicted octanol–water partition coefficient (Wildman–Crippen LogP) is 2.75. The molecule has 0 aromatic heterocycles. The molecule has 5 heteroatoms. The summed E-state index contributed by atoms with van der Waals surface area (Å²) >= 11 is 0. The van der Waals surface area contributed by atoms with E-state index < -0.39 is 17.5 Å². The molecule has 22 heavy (non-hydrogen) atoms. The van der Waals surface area contributed by atoms with Crippen molar-refractivity contribution in [3.05, 3.63) is 71.3 Å². The molecule has 2 aromatic carbocycles. The summed E-state index contributed by atoms with van der Waals surface area (Å²) in [5.74, 6) is -1.62. The van der Waals surface area contributed by atoms with Crippen molar-refractivity contribution < 1.29 is 18.7 Å². The normalized spacial score (nSPS) is 12.0. The second-order valence-corrected chi connectivity index (χ2v) is 4.96. The molecule has 0 spiro atoms. The fourth-order valence-electron chi connectivity index (χ4n) is 2.23. The van der Waals surface area contributed by atoms with E-state index in [1.807, 2.05) is 30.3 Å². The van der Waals surface area contributed by atoms with Crippen LogP contribution in [0.1, 0.15) is 23.6 Å². The van der Waals surface area contributed by atoms with Gasteiger partial charge in [-0.3, -0.25) is 4.79 Å². The predicted molar refractivity (Wildman–Crippen MR) is 79.1 cm³/mol. The fourth-order valence-corrected chi connectivity index (χ4v) is 2.23. The van der Waals surface area contributed by atoms with E-state index >= 15 is 0 Å². The van der Waals surface area contributed by atoms with E-state index in [1.54, 1.807) is 0 Å². The molecule has 116 valence electrons. The molecule has 1 amide bonds. The van der Waals surface area contributed by atoms with Crippen LogP contribution in [-0.4, -0.2) is 17.6 Å². The summed E-state index contributed by atoms with van der Waals surface area (Å²) in [6, 6.07) is 11.8. The lowest BCUT2D eigenvalue weighted by Crippen LogP contribution is -2.30. The van der Waals surface area contributed by atoms with E-state index in [2.05, 4.69) is 5.32 Å². The molecule has 0 aliphatic rings. The molecule has 0 saturated carbocycles. The molecule has 0 aliphatic heterocycles. The molecule has 1 atom stereocenters. The van der Waals surface area contributed by atoms with Crippen molar-refractivity contribution in [1.82, 2.24) is 5.32 Å². The lowest BCUT2D eigenvalue weighted by atomic mass is 10.0. The van der Waals surface area contributed by atoms with E-state index in [0.717, 1.165) is 23.8 Å². The Morgan fingerprint density at radius 2 is 1.86 bits per heavy atom. The molecule has 0 bridgehead atoms.